The molecular weight excluding hydrogens is 596 g/mol. The second-order valence-corrected chi connectivity index (χ2v) is 17.1. The van der Waals surface area contributed by atoms with Crippen molar-refractivity contribution in [1.82, 2.24) is 10.2 Å². The average Bonchev–Trinajstić information content (AvgIpc) is 3.40. The quantitative estimate of drug-likeness (QED) is 0.0654. The van der Waals surface area contributed by atoms with Crippen molar-refractivity contribution >= 4 is 11.9 Å². The number of unbranched alkanes of at least 4 members (excludes halogenated alkanes) is 2. The Labute approximate surface area is 294 Å². The van der Waals surface area contributed by atoms with Crippen LogP contribution in [-0.4, -0.2) is 62.1 Å². The van der Waals surface area contributed by atoms with Crippen LogP contribution in [0.15, 0.2) is 11.6 Å². The Morgan fingerprint density at radius 1 is 0.896 bits per heavy atom. The number of amides is 1. The van der Waals surface area contributed by atoms with Crippen LogP contribution in [0.4, 0.5) is 0 Å². The minimum atomic E-state index is -0.137. The summed E-state index contributed by atoms with van der Waals surface area (Å²) in [5, 5.41) is 3.40. The van der Waals surface area contributed by atoms with Crippen LogP contribution >= 0.6 is 0 Å². The molecule has 7 atom stereocenters. The molecule has 5 N–H and O–H groups in total. The topological polar surface area (TPSA) is 111 Å². The monoisotopic (exact) mass is 671 g/mol. The van der Waals surface area contributed by atoms with Crippen molar-refractivity contribution in [2.45, 2.75) is 156 Å². The summed E-state index contributed by atoms with van der Waals surface area (Å²) in [5.41, 5.74) is 13.7. The van der Waals surface area contributed by atoms with Gasteiger partial charge < -0.3 is 26.4 Å². The normalized spacial score (nSPS) is 31.1. The van der Waals surface area contributed by atoms with Crippen LogP contribution in [0, 0.1) is 40.4 Å². The zero-order chi connectivity index (χ0) is 34.6. The van der Waals surface area contributed by atoms with Gasteiger partial charge in [-0.3, -0.25) is 9.59 Å². The largest absolute Gasteiger partial charge is 0.462 e. The Morgan fingerprint density at radius 3 is 2.44 bits per heavy atom. The lowest BCUT2D eigenvalue weighted by Crippen LogP contribution is -2.50. The SMILES string of the molecule is CC(C)CCCC[C@H]1CC[C@H]2[C@@H]3CC=C4C[C@@H](OC(=O)CCCC(=O)N(CCCN)CCCCNCCCN)CC[C@]4(C)[C@H]3CC[C@]12C. The van der Waals surface area contributed by atoms with E-state index in [2.05, 4.69) is 39.1 Å². The van der Waals surface area contributed by atoms with Gasteiger partial charge in [0.05, 0.1) is 0 Å². The molecule has 3 fully saturated rings. The highest BCUT2D eigenvalue weighted by molar-refractivity contribution is 5.77. The van der Waals surface area contributed by atoms with Crippen LogP contribution in [0.2, 0.25) is 0 Å². The van der Waals surface area contributed by atoms with E-state index in [4.69, 9.17) is 16.2 Å². The average molecular weight is 671 g/mol. The number of allylic oxidation sites excluding steroid dienone is 1. The smallest absolute Gasteiger partial charge is 0.306 e. The molecule has 0 aromatic heterocycles. The molecule has 1 amide bonds. The maximum atomic E-state index is 13.0. The highest BCUT2D eigenvalue weighted by Gasteiger charge is 2.58. The van der Waals surface area contributed by atoms with E-state index in [1.54, 1.807) is 5.57 Å². The molecule has 0 bridgehead atoms. The number of esters is 1. The molecule has 7 nitrogen and oxygen atoms in total. The van der Waals surface area contributed by atoms with Crippen LogP contribution < -0.4 is 16.8 Å². The minimum Gasteiger partial charge on any atom is -0.462 e. The van der Waals surface area contributed by atoms with E-state index < -0.39 is 0 Å². The number of hydrogen-bond acceptors (Lipinski definition) is 6. The number of hydrogen-bond donors (Lipinski definition) is 3. The zero-order valence-electron chi connectivity index (χ0n) is 31.5. The highest BCUT2D eigenvalue weighted by atomic mass is 16.5. The fourth-order valence-corrected chi connectivity index (χ4v) is 10.6. The molecule has 0 unspecified atom stereocenters. The van der Waals surface area contributed by atoms with Crippen molar-refractivity contribution in [3.8, 4) is 0 Å². The van der Waals surface area contributed by atoms with E-state index >= 15 is 0 Å². The molecule has 3 saturated carbocycles. The van der Waals surface area contributed by atoms with Gasteiger partial charge in [-0.1, -0.05) is 58.6 Å². The summed E-state index contributed by atoms with van der Waals surface area (Å²) in [4.78, 5) is 27.9. The summed E-state index contributed by atoms with van der Waals surface area (Å²) in [5.74, 6) is 4.24. The Bertz CT molecular complexity index is 1030. The standard InChI is InChI=1S/C41H74N4O3/c1-31(2)12-5-6-13-32-17-19-36-35-18-16-33-30-34(20-22-41(33,4)37(35)21-23-40(32,36)3)48-39(47)15-9-14-38(46)45(29-11-25-43)28-8-7-26-44-27-10-24-42/h16,31-32,34-37,44H,5-15,17-30,42-43H2,1-4H3/t32-,34-,35-,36-,37-,40+,41-/m0/s1. The minimum absolute atomic E-state index is 0.0147. The third-order valence-corrected chi connectivity index (χ3v) is 13.5. The number of nitrogens with two attached hydrogens (primary N) is 2. The lowest BCUT2D eigenvalue weighted by atomic mass is 9.47. The van der Waals surface area contributed by atoms with Crippen molar-refractivity contribution in [1.29, 1.82) is 0 Å². The summed E-state index contributed by atoms with van der Waals surface area (Å²) in [6.07, 6.45) is 23.2. The molecule has 0 saturated heterocycles. The molecule has 0 spiro atoms. The maximum Gasteiger partial charge on any atom is 0.306 e. The summed E-state index contributed by atoms with van der Waals surface area (Å²) in [6.45, 7) is 14.6. The molecule has 0 aromatic carbocycles. The predicted octanol–water partition coefficient (Wildman–Crippen LogP) is 7.76. The van der Waals surface area contributed by atoms with Gasteiger partial charge >= 0.3 is 5.97 Å². The molecule has 0 heterocycles. The number of ether oxygens (including phenoxy) is 1. The van der Waals surface area contributed by atoms with Gasteiger partial charge in [-0.25, -0.2) is 0 Å². The van der Waals surface area contributed by atoms with Gasteiger partial charge in [0.15, 0.2) is 0 Å². The first-order valence-corrected chi connectivity index (χ1v) is 20.4. The molecule has 0 aliphatic heterocycles. The number of rotatable bonds is 21. The van der Waals surface area contributed by atoms with Gasteiger partial charge in [-0.05, 0) is 150 Å². The molecule has 0 radical (unpaired) electrons. The fraction of sp³-hybridized carbons (Fsp3) is 0.902. The van der Waals surface area contributed by atoms with Gasteiger partial charge in [0.1, 0.15) is 6.10 Å². The first-order valence-electron chi connectivity index (χ1n) is 20.4. The number of nitrogens with zero attached hydrogens (tertiary/aromatic N) is 1. The summed E-state index contributed by atoms with van der Waals surface area (Å²) in [6, 6.07) is 0. The van der Waals surface area contributed by atoms with Gasteiger partial charge in [0, 0.05) is 32.4 Å². The van der Waals surface area contributed by atoms with Crippen LogP contribution in [0.5, 0.6) is 0 Å². The Morgan fingerprint density at radius 2 is 1.67 bits per heavy atom. The molecule has 48 heavy (non-hydrogen) atoms. The van der Waals surface area contributed by atoms with Crippen LogP contribution in [-0.2, 0) is 14.3 Å². The Kier molecular flexibility index (Phi) is 15.8. The van der Waals surface area contributed by atoms with Crippen molar-refractivity contribution in [3.05, 3.63) is 11.6 Å². The first kappa shape index (κ1) is 39.3. The number of carbonyl (C=O) groups is 2. The van der Waals surface area contributed by atoms with Gasteiger partial charge in [0.25, 0.3) is 0 Å². The lowest BCUT2D eigenvalue weighted by molar-refractivity contribution is -0.151. The Hall–Kier alpha value is -1.44. The summed E-state index contributed by atoms with van der Waals surface area (Å²) in [7, 11) is 0. The van der Waals surface area contributed by atoms with Gasteiger partial charge in [-0.15, -0.1) is 0 Å². The maximum absolute atomic E-state index is 13.0. The predicted molar refractivity (Wildman–Crippen MR) is 198 cm³/mol. The molecule has 4 aliphatic rings. The van der Waals surface area contributed by atoms with E-state index in [1.165, 1.54) is 57.8 Å². The van der Waals surface area contributed by atoms with Crippen molar-refractivity contribution in [3.63, 3.8) is 0 Å². The van der Waals surface area contributed by atoms with E-state index in [-0.39, 0.29) is 23.4 Å². The molecular formula is C41H74N4O3. The molecule has 4 rings (SSSR count). The Balaban J connectivity index is 1.20. The van der Waals surface area contributed by atoms with Crippen molar-refractivity contribution < 1.29 is 14.3 Å². The van der Waals surface area contributed by atoms with E-state index in [0.717, 1.165) is 94.2 Å². The van der Waals surface area contributed by atoms with Crippen molar-refractivity contribution in [2.24, 2.45) is 51.9 Å². The number of carbonyl (C=O) groups excluding carboxylic acids is 2. The number of fused-ring (bicyclic) bond motifs is 5. The second kappa shape index (κ2) is 19.2. The van der Waals surface area contributed by atoms with E-state index in [1.807, 2.05) is 4.90 Å². The lowest BCUT2D eigenvalue weighted by Gasteiger charge is -2.58. The zero-order valence-corrected chi connectivity index (χ0v) is 31.5. The molecule has 276 valence electrons. The molecule has 0 aromatic rings. The van der Waals surface area contributed by atoms with Crippen LogP contribution in [0.3, 0.4) is 0 Å². The number of nitrogens with one attached hydrogen (secondary N) is 1. The van der Waals surface area contributed by atoms with E-state index in [9.17, 15) is 9.59 Å². The molecule has 7 heteroatoms. The summed E-state index contributed by atoms with van der Waals surface area (Å²) >= 11 is 0. The molecule has 4 aliphatic carbocycles. The van der Waals surface area contributed by atoms with Crippen LogP contribution in [0.1, 0.15) is 150 Å². The van der Waals surface area contributed by atoms with Gasteiger partial charge in [-0.2, -0.15) is 0 Å². The second-order valence-electron chi connectivity index (χ2n) is 17.1. The fourth-order valence-electron chi connectivity index (χ4n) is 10.6. The van der Waals surface area contributed by atoms with Crippen LogP contribution in [0.25, 0.3) is 0 Å². The highest BCUT2D eigenvalue weighted by Crippen LogP contribution is 2.66. The van der Waals surface area contributed by atoms with Gasteiger partial charge in [0.2, 0.25) is 5.91 Å². The third kappa shape index (κ3) is 10.3. The summed E-state index contributed by atoms with van der Waals surface area (Å²) < 4.78 is 6.07. The first-order chi connectivity index (χ1) is 23.1. The third-order valence-electron chi connectivity index (χ3n) is 13.5. The van der Waals surface area contributed by atoms with E-state index in [0.29, 0.717) is 44.3 Å². The van der Waals surface area contributed by atoms with Crippen molar-refractivity contribution in [2.75, 3.05) is 39.3 Å².